The van der Waals surface area contributed by atoms with Crippen molar-refractivity contribution in [2.24, 2.45) is 0 Å². The van der Waals surface area contributed by atoms with E-state index in [-0.39, 0.29) is 41.9 Å². The first-order valence-electron chi connectivity index (χ1n) is 9.23. The Labute approximate surface area is 182 Å². The van der Waals surface area contributed by atoms with Crippen LogP contribution in [0, 0.1) is 21.4 Å². The van der Waals surface area contributed by atoms with Crippen LogP contribution in [0.4, 0.5) is 5.69 Å². The van der Waals surface area contributed by atoms with Crippen molar-refractivity contribution in [2.45, 2.75) is 32.1 Å². The summed E-state index contributed by atoms with van der Waals surface area (Å²) < 4.78 is 10.6. The molecular weight excluding hydrogens is 426 g/mol. The summed E-state index contributed by atoms with van der Waals surface area (Å²) >= 11 is 5.80. The fourth-order valence-electron chi connectivity index (χ4n) is 3.38. The standard InChI is InChI=1S/C20H18ClN5O5/c1-11-16(19-24-15(10-21)25-31-19)18(13-5-3-6-14(9-13)26(28)29)17(12(2)23-11)20(27)30-8-4-7-22/h3,5-6,9,18,23H,4,8,10H2,1-2H3. The van der Waals surface area contributed by atoms with Gasteiger partial charge in [0, 0.05) is 29.1 Å². The molecule has 160 valence electrons. The summed E-state index contributed by atoms with van der Waals surface area (Å²) in [5, 5.41) is 27.0. The first kappa shape index (κ1) is 22.0. The quantitative estimate of drug-likeness (QED) is 0.223. The summed E-state index contributed by atoms with van der Waals surface area (Å²) in [6, 6.07) is 7.87. The van der Waals surface area contributed by atoms with Crippen LogP contribution in [0.3, 0.4) is 0 Å². The van der Waals surface area contributed by atoms with Crippen molar-refractivity contribution in [3.63, 3.8) is 0 Å². The third kappa shape index (κ3) is 4.57. The molecule has 0 saturated carbocycles. The number of hydrogen-bond donors (Lipinski definition) is 1. The number of rotatable bonds is 7. The van der Waals surface area contributed by atoms with Gasteiger partial charge in [-0.05, 0) is 19.4 Å². The monoisotopic (exact) mass is 443 g/mol. The van der Waals surface area contributed by atoms with Crippen LogP contribution in [-0.2, 0) is 15.4 Å². The maximum Gasteiger partial charge on any atom is 0.336 e. The zero-order valence-corrected chi connectivity index (χ0v) is 17.5. The summed E-state index contributed by atoms with van der Waals surface area (Å²) in [6.45, 7) is 3.39. The number of nitrogens with one attached hydrogen (secondary N) is 1. The highest BCUT2D eigenvalue weighted by molar-refractivity contribution is 6.16. The van der Waals surface area contributed by atoms with Crippen LogP contribution >= 0.6 is 11.6 Å². The smallest absolute Gasteiger partial charge is 0.336 e. The molecule has 1 aliphatic rings. The Balaban J connectivity index is 2.16. The molecule has 3 rings (SSSR count). The Bertz CT molecular complexity index is 1130. The summed E-state index contributed by atoms with van der Waals surface area (Å²) in [5.74, 6) is -1.01. The molecule has 0 bridgehead atoms. The van der Waals surface area contributed by atoms with Crippen molar-refractivity contribution in [1.29, 1.82) is 5.26 Å². The molecule has 0 amide bonds. The van der Waals surface area contributed by atoms with E-state index in [4.69, 9.17) is 26.1 Å². The number of nitro benzene ring substituents is 1. The molecule has 0 saturated heterocycles. The van der Waals surface area contributed by atoms with Gasteiger partial charge < -0.3 is 14.6 Å². The van der Waals surface area contributed by atoms with Gasteiger partial charge in [-0.1, -0.05) is 17.3 Å². The lowest BCUT2D eigenvalue weighted by Crippen LogP contribution is -2.29. The summed E-state index contributed by atoms with van der Waals surface area (Å²) in [6.07, 6.45) is 0.0391. The Morgan fingerprint density at radius 1 is 1.42 bits per heavy atom. The van der Waals surface area contributed by atoms with Gasteiger partial charge >= 0.3 is 5.97 Å². The SMILES string of the molecule is CC1=C(C(=O)OCCC#N)C(c2cccc([N+](=O)[O-])c2)C(c2nc(CCl)no2)=C(C)N1. The number of allylic oxidation sites excluding steroid dienone is 3. The second kappa shape index (κ2) is 9.40. The molecule has 1 N–H and O–H groups in total. The second-order valence-electron chi connectivity index (χ2n) is 6.68. The molecule has 0 radical (unpaired) electrons. The van der Waals surface area contributed by atoms with Crippen molar-refractivity contribution in [2.75, 3.05) is 6.61 Å². The van der Waals surface area contributed by atoms with E-state index in [9.17, 15) is 14.9 Å². The molecule has 0 aliphatic carbocycles. The van der Waals surface area contributed by atoms with E-state index in [0.29, 0.717) is 22.5 Å². The minimum absolute atomic E-state index is 0.0304. The maximum atomic E-state index is 13.0. The molecule has 2 aromatic rings. The molecule has 0 fully saturated rings. The summed E-state index contributed by atoms with van der Waals surface area (Å²) in [4.78, 5) is 28.1. The molecule has 1 atom stereocenters. The van der Waals surface area contributed by atoms with Gasteiger partial charge in [-0.15, -0.1) is 11.6 Å². The van der Waals surface area contributed by atoms with Crippen LogP contribution in [0.1, 0.15) is 43.5 Å². The first-order chi connectivity index (χ1) is 14.9. The fourth-order valence-corrected chi connectivity index (χ4v) is 3.49. The molecule has 0 spiro atoms. The normalized spacial score (nSPS) is 16.0. The van der Waals surface area contributed by atoms with Gasteiger partial charge in [0.05, 0.1) is 34.8 Å². The molecular formula is C20H18ClN5O5. The number of aromatic nitrogens is 2. The van der Waals surface area contributed by atoms with Gasteiger partial charge in [0.1, 0.15) is 6.61 Å². The highest BCUT2D eigenvalue weighted by atomic mass is 35.5. The van der Waals surface area contributed by atoms with Gasteiger partial charge in [0.15, 0.2) is 5.82 Å². The average molecular weight is 444 g/mol. The molecule has 31 heavy (non-hydrogen) atoms. The van der Waals surface area contributed by atoms with Crippen molar-refractivity contribution in [1.82, 2.24) is 15.5 Å². The second-order valence-corrected chi connectivity index (χ2v) is 6.95. The average Bonchev–Trinajstić information content (AvgIpc) is 3.22. The van der Waals surface area contributed by atoms with Crippen molar-refractivity contribution in [3.8, 4) is 6.07 Å². The minimum Gasteiger partial charge on any atom is -0.461 e. The van der Waals surface area contributed by atoms with Crippen LogP contribution in [0.25, 0.3) is 5.57 Å². The number of dihydropyridines is 1. The van der Waals surface area contributed by atoms with E-state index in [1.165, 1.54) is 18.2 Å². The topological polar surface area (TPSA) is 144 Å². The zero-order chi connectivity index (χ0) is 22.5. The van der Waals surface area contributed by atoms with E-state index >= 15 is 0 Å². The lowest BCUT2D eigenvalue weighted by atomic mass is 9.80. The number of halogens is 1. The number of nitrogens with zero attached hydrogens (tertiary/aromatic N) is 4. The molecule has 1 aromatic carbocycles. The van der Waals surface area contributed by atoms with E-state index in [1.54, 1.807) is 19.9 Å². The van der Waals surface area contributed by atoms with E-state index in [1.807, 2.05) is 6.07 Å². The Morgan fingerprint density at radius 2 is 2.19 bits per heavy atom. The number of nitriles is 1. The third-order valence-electron chi connectivity index (χ3n) is 4.66. The Kier molecular flexibility index (Phi) is 6.67. The van der Waals surface area contributed by atoms with E-state index in [2.05, 4.69) is 15.5 Å². The van der Waals surface area contributed by atoms with Gasteiger partial charge in [0.2, 0.25) is 0 Å². The highest BCUT2D eigenvalue weighted by Crippen LogP contribution is 2.43. The van der Waals surface area contributed by atoms with Crippen molar-refractivity contribution < 1.29 is 19.0 Å². The number of ether oxygens (including phenoxy) is 1. The predicted molar refractivity (Wildman–Crippen MR) is 109 cm³/mol. The number of alkyl halides is 1. The Hall–Kier alpha value is -3.71. The maximum absolute atomic E-state index is 13.0. The number of carbonyl (C=O) groups is 1. The predicted octanol–water partition coefficient (Wildman–Crippen LogP) is 3.57. The number of hydrogen-bond acceptors (Lipinski definition) is 9. The number of nitro groups is 1. The fraction of sp³-hybridized carbons (Fsp3) is 0.300. The molecule has 10 nitrogen and oxygen atoms in total. The highest BCUT2D eigenvalue weighted by Gasteiger charge is 2.37. The van der Waals surface area contributed by atoms with Gasteiger partial charge in [0.25, 0.3) is 11.6 Å². The van der Waals surface area contributed by atoms with Gasteiger partial charge in [-0.2, -0.15) is 10.2 Å². The molecule has 1 aliphatic heterocycles. The summed E-state index contributed by atoms with van der Waals surface area (Å²) in [5.41, 5.74) is 2.19. The Morgan fingerprint density at radius 3 is 2.84 bits per heavy atom. The van der Waals surface area contributed by atoms with E-state index < -0.39 is 16.8 Å². The van der Waals surface area contributed by atoms with Crippen LogP contribution in [0.15, 0.2) is 45.8 Å². The van der Waals surface area contributed by atoms with Gasteiger partial charge in [-0.3, -0.25) is 10.1 Å². The number of benzene rings is 1. The van der Waals surface area contributed by atoms with Gasteiger partial charge in [-0.25, -0.2) is 4.79 Å². The van der Waals surface area contributed by atoms with Crippen LogP contribution in [0.5, 0.6) is 0 Å². The minimum atomic E-state index is -0.778. The van der Waals surface area contributed by atoms with Crippen molar-refractivity contribution >= 4 is 28.8 Å². The lowest BCUT2D eigenvalue weighted by molar-refractivity contribution is -0.384. The van der Waals surface area contributed by atoms with E-state index in [0.717, 1.165) is 0 Å². The number of carbonyl (C=O) groups excluding carboxylic acids is 1. The molecule has 2 heterocycles. The summed E-state index contributed by atoms with van der Waals surface area (Å²) in [7, 11) is 0. The first-order valence-corrected chi connectivity index (χ1v) is 9.76. The zero-order valence-electron chi connectivity index (χ0n) is 16.7. The van der Waals surface area contributed by atoms with Crippen LogP contribution < -0.4 is 5.32 Å². The molecule has 1 unspecified atom stereocenters. The van der Waals surface area contributed by atoms with Crippen molar-refractivity contribution in [3.05, 3.63) is 68.6 Å². The largest absolute Gasteiger partial charge is 0.461 e. The number of non-ortho nitro benzene ring substituents is 1. The lowest BCUT2D eigenvalue weighted by Gasteiger charge is -2.29. The molecule has 11 heteroatoms. The van der Waals surface area contributed by atoms with Crippen LogP contribution in [-0.4, -0.2) is 27.6 Å². The number of esters is 1. The van der Waals surface area contributed by atoms with Crippen LogP contribution in [0.2, 0.25) is 0 Å². The third-order valence-corrected chi connectivity index (χ3v) is 4.90. The molecule has 1 aromatic heterocycles.